The molecule has 2 aliphatic rings. The summed E-state index contributed by atoms with van der Waals surface area (Å²) >= 11 is 0. The number of fused-ring (bicyclic) bond motifs is 2. The molecule has 0 spiro atoms. The van der Waals surface area contributed by atoms with E-state index in [1.807, 2.05) is 13.8 Å². The zero-order chi connectivity index (χ0) is 12.9. The van der Waals surface area contributed by atoms with E-state index in [-0.39, 0.29) is 12.0 Å². The largest absolute Gasteiger partial charge is 0.481 e. The topological polar surface area (TPSA) is 66.6 Å². The molecule has 1 aromatic heterocycles. The van der Waals surface area contributed by atoms with Gasteiger partial charge in [0.05, 0.1) is 18.2 Å². The van der Waals surface area contributed by atoms with Crippen molar-refractivity contribution in [3.05, 3.63) is 17.3 Å². The number of carbonyl (C=O) groups is 1. The van der Waals surface area contributed by atoms with Gasteiger partial charge < -0.3 is 9.52 Å². The summed E-state index contributed by atoms with van der Waals surface area (Å²) < 4.78 is 5.60. The third kappa shape index (κ3) is 1.73. The smallest absolute Gasteiger partial charge is 0.308 e. The summed E-state index contributed by atoms with van der Waals surface area (Å²) in [6.45, 7) is 4.49. The Hall–Kier alpha value is -1.36. The highest BCUT2D eigenvalue weighted by molar-refractivity contribution is 5.71. The van der Waals surface area contributed by atoms with Crippen LogP contribution in [-0.2, 0) is 11.3 Å². The molecule has 2 fully saturated rings. The maximum absolute atomic E-state index is 11.2. The Morgan fingerprint density at radius 2 is 2.28 bits per heavy atom. The molecule has 2 bridgehead atoms. The first kappa shape index (κ1) is 11.7. The number of carboxylic acids is 1. The fourth-order valence-electron chi connectivity index (χ4n) is 3.38. The molecule has 18 heavy (non-hydrogen) atoms. The van der Waals surface area contributed by atoms with Gasteiger partial charge in [-0.15, -0.1) is 0 Å². The molecule has 0 radical (unpaired) electrons. The van der Waals surface area contributed by atoms with Crippen LogP contribution >= 0.6 is 0 Å². The molecule has 98 valence electrons. The van der Waals surface area contributed by atoms with E-state index >= 15 is 0 Å². The predicted octanol–water partition coefficient (Wildman–Crippen LogP) is 1.73. The number of nitrogens with zero attached hydrogens (tertiary/aromatic N) is 2. The van der Waals surface area contributed by atoms with E-state index in [4.69, 9.17) is 4.42 Å². The third-order valence-electron chi connectivity index (χ3n) is 4.39. The van der Waals surface area contributed by atoms with Crippen molar-refractivity contribution >= 4 is 5.97 Å². The van der Waals surface area contributed by atoms with Gasteiger partial charge in [0.15, 0.2) is 0 Å². The SMILES string of the molecule is Cc1nc(CN2C3CCC2C(C(=O)O)C3)oc1C. The molecule has 3 heterocycles. The van der Waals surface area contributed by atoms with E-state index in [2.05, 4.69) is 9.88 Å². The summed E-state index contributed by atoms with van der Waals surface area (Å²) in [6.07, 6.45) is 2.87. The van der Waals surface area contributed by atoms with Gasteiger partial charge in [-0.05, 0) is 33.1 Å². The Kier molecular flexibility index (Phi) is 2.66. The highest BCUT2D eigenvalue weighted by Crippen LogP contribution is 2.42. The molecule has 1 aromatic rings. The summed E-state index contributed by atoms with van der Waals surface area (Å²) in [7, 11) is 0. The van der Waals surface area contributed by atoms with Crippen LogP contribution in [0.25, 0.3) is 0 Å². The molecular formula is C13H18N2O3. The van der Waals surface area contributed by atoms with Gasteiger partial charge in [0, 0.05) is 12.1 Å². The maximum Gasteiger partial charge on any atom is 0.308 e. The lowest BCUT2D eigenvalue weighted by Gasteiger charge is -2.20. The second kappa shape index (κ2) is 4.09. The maximum atomic E-state index is 11.2. The molecular weight excluding hydrogens is 232 g/mol. The van der Waals surface area contributed by atoms with E-state index in [1.54, 1.807) is 0 Å². The van der Waals surface area contributed by atoms with Gasteiger partial charge in [-0.1, -0.05) is 0 Å². The van der Waals surface area contributed by atoms with Crippen molar-refractivity contribution < 1.29 is 14.3 Å². The molecule has 3 unspecified atom stereocenters. The number of oxazole rings is 1. The van der Waals surface area contributed by atoms with Crippen molar-refractivity contribution in [3.8, 4) is 0 Å². The van der Waals surface area contributed by atoms with Gasteiger partial charge in [0.2, 0.25) is 5.89 Å². The molecule has 2 aliphatic heterocycles. The van der Waals surface area contributed by atoms with Crippen LogP contribution in [0.15, 0.2) is 4.42 Å². The molecule has 5 nitrogen and oxygen atoms in total. The van der Waals surface area contributed by atoms with Crippen LogP contribution in [0.4, 0.5) is 0 Å². The first-order valence-electron chi connectivity index (χ1n) is 6.47. The predicted molar refractivity (Wildman–Crippen MR) is 64.1 cm³/mol. The lowest BCUT2D eigenvalue weighted by atomic mass is 9.89. The van der Waals surface area contributed by atoms with Crippen molar-refractivity contribution in [2.75, 3.05) is 0 Å². The summed E-state index contributed by atoms with van der Waals surface area (Å²) in [6, 6.07) is 0.559. The highest BCUT2D eigenvalue weighted by atomic mass is 16.4. The van der Waals surface area contributed by atoms with Gasteiger partial charge in [-0.25, -0.2) is 4.98 Å². The van der Waals surface area contributed by atoms with Crippen LogP contribution in [0.3, 0.4) is 0 Å². The average molecular weight is 250 g/mol. The number of aromatic nitrogens is 1. The molecule has 0 amide bonds. The normalized spacial score (nSPS) is 31.1. The van der Waals surface area contributed by atoms with Gasteiger partial charge in [-0.2, -0.15) is 0 Å². The van der Waals surface area contributed by atoms with Crippen LogP contribution < -0.4 is 0 Å². The fourth-order valence-corrected chi connectivity index (χ4v) is 3.38. The van der Waals surface area contributed by atoms with Crippen LogP contribution in [0.5, 0.6) is 0 Å². The second-order valence-electron chi connectivity index (χ2n) is 5.40. The summed E-state index contributed by atoms with van der Waals surface area (Å²) in [5, 5.41) is 9.20. The first-order chi connectivity index (χ1) is 8.56. The van der Waals surface area contributed by atoms with Crippen LogP contribution in [0.1, 0.15) is 36.6 Å². The number of aliphatic carboxylic acids is 1. The van der Waals surface area contributed by atoms with E-state index in [0.717, 1.165) is 30.7 Å². The third-order valence-corrected chi connectivity index (χ3v) is 4.39. The van der Waals surface area contributed by atoms with Gasteiger partial charge in [0.25, 0.3) is 0 Å². The van der Waals surface area contributed by atoms with E-state index < -0.39 is 5.97 Å². The van der Waals surface area contributed by atoms with Crippen molar-refractivity contribution in [2.24, 2.45) is 5.92 Å². The molecule has 1 N–H and O–H groups in total. The second-order valence-corrected chi connectivity index (χ2v) is 5.40. The minimum atomic E-state index is -0.660. The van der Waals surface area contributed by atoms with Crippen LogP contribution in [-0.4, -0.2) is 33.0 Å². The number of rotatable bonds is 3. The highest BCUT2D eigenvalue weighted by Gasteiger charge is 2.49. The Bertz CT molecular complexity index is 463. The Morgan fingerprint density at radius 3 is 2.83 bits per heavy atom. The van der Waals surface area contributed by atoms with Crippen LogP contribution in [0.2, 0.25) is 0 Å². The molecule has 3 atom stereocenters. The summed E-state index contributed by atoms with van der Waals surface area (Å²) in [5.41, 5.74) is 0.923. The quantitative estimate of drug-likeness (QED) is 0.885. The molecule has 0 saturated carbocycles. The molecule has 0 aliphatic carbocycles. The monoisotopic (exact) mass is 250 g/mol. The van der Waals surface area contributed by atoms with Gasteiger partial charge in [0.1, 0.15) is 5.76 Å². The minimum absolute atomic E-state index is 0.167. The van der Waals surface area contributed by atoms with Crippen molar-refractivity contribution in [3.63, 3.8) is 0 Å². The summed E-state index contributed by atoms with van der Waals surface area (Å²) in [5.74, 6) is 0.701. The van der Waals surface area contributed by atoms with Crippen molar-refractivity contribution in [2.45, 2.75) is 51.7 Å². The average Bonchev–Trinajstić information content (AvgIpc) is 2.95. The Morgan fingerprint density at radius 1 is 1.50 bits per heavy atom. The molecule has 5 heteroatoms. The molecule has 0 aromatic carbocycles. The first-order valence-corrected chi connectivity index (χ1v) is 6.47. The van der Waals surface area contributed by atoms with Gasteiger partial charge in [-0.3, -0.25) is 9.69 Å². The fraction of sp³-hybridized carbons (Fsp3) is 0.692. The van der Waals surface area contributed by atoms with Gasteiger partial charge >= 0.3 is 5.97 Å². The van der Waals surface area contributed by atoms with Crippen LogP contribution in [0, 0.1) is 19.8 Å². The number of carboxylic acid groups (broad SMARTS) is 1. The number of aryl methyl sites for hydroxylation is 2. The van der Waals surface area contributed by atoms with E-state index in [9.17, 15) is 9.90 Å². The van der Waals surface area contributed by atoms with Crippen molar-refractivity contribution in [1.29, 1.82) is 0 Å². The lowest BCUT2D eigenvalue weighted by molar-refractivity contribution is -0.142. The number of hydrogen-bond donors (Lipinski definition) is 1. The zero-order valence-corrected chi connectivity index (χ0v) is 10.7. The van der Waals surface area contributed by atoms with Crippen molar-refractivity contribution in [1.82, 2.24) is 9.88 Å². The van der Waals surface area contributed by atoms with E-state index in [1.165, 1.54) is 0 Å². The zero-order valence-electron chi connectivity index (χ0n) is 10.7. The Balaban J connectivity index is 1.76. The standard InChI is InChI=1S/C13H18N2O3/c1-7-8(2)18-12(14-7)6-15-9-3-4-11(15)10(5-9)13(16)17/h9-11H,3-6H2,1-2H3,(H,16,17). The molecule has 2 saturated heterocycles. The minimum Gasteiger partial charge on any atom is -0.481 e. The lowest BCUT2D eigenvalue weighted by Crippen LogP contribution is -2.32. The summed E-state index contributed by atoms with van der Waals surface area (Å²) in [4.78, 5) is 17.8. The molecule has 3 rings (SSSR count). The number of hydrogen-bond acceptors (Lipinski definition) is 4. The Labute approximate surface area is 106 Å². The van der Waals surface area contributed by atoms with E-state index in [0.29, 0.717) is 18.5 Å².